The predicted molar refractivity (Wildman–Crippen MR) is 129 cm³/mol. The van der Waals surface area contributed by atoms with Crippen LogP contribution in [0.25, 0.3) is 6.08 Å². The van der Waals surface area contributed by atoms with Crippen LogP contribution in [0.1, 0.15) is 5.56 Å². The third kappa shape index (κ3) is 5.59. The van der Waals surface area contributed by atoms with Crippen molar-refractivity contribution in [1.82, 2.24) is 5.32 Å². The Morgan fingerprint density at radius 1 is 1.09 bits per heavy atom. The van der Waals surface area contributed by atoms with Gasteiger partial charge in [-0.15, -0.1) is 0 Å². The van der Waals surface area contributed by atoms with Crippen LogP contribution >= 0.6 is 11.6 Å². The topological polar surface area (TPSA) is 97.0 Å². The van der Waals surface area contributed by atoms with Crippen LogP contribution in [-0.2, 0) is 9.59 Å². The molecule has 0 unspecified atom stereocenters. The monoisotopic (exact) mass is 495 g/mol. The molecule has 1 aliphatic rings. The molecule has 178 valence electrons. The first-order valence-corrected chi connectivity index (χ1v) is 10.7. The van der Waals surface area contributed by atoms with Crippen LogP contribution in [0.3, 0.4) is 0 Å². The smallest absolute Gasteiger partial charge is 0.333 e. The first kappa shape index (κ1) is 23.8. The van der Waals surface area contributed by atoms with Crippen LogP contribution in [0.2, 0.25) is 5.02 Å². The number of nitrogens with one attached hydrogen (secondary N) is 2. The van der Waals surface area contributed by atoms with Gasteiger partial charge in [-0.25, -0.2) is 14.1 Å². The molecule has 1 fully saturated rings. The Morgan fingerprint density at radius 3 is 2.57 bits per heavy atom. The zero-order valence-corrected chi connectivity index (χ0v) is 19.1. The maximum atomic E-state index is 13.0. The molecule has 0 aliphatic carbocycles. The number of amides is 4. The van der Waals surface area contributed by atoms with E-state index in [-0.39, 0.29) is 12.3 Å². The summed E-state index contributed by atoms with van der Waals surface area (Å²) in [7, 11) is 1.43. The second kappa shape index (κ2) is 10.3. The molecule has 0 spiro atoms. The fourth-order valence-corrected chi connectivity index (χ4v) is 3.50. The quantitative estimate of drug-likeness (QED) is 0.369. The number of urea groups is 1. The minimum Gasteiger partial charge on any atom is -0.493 e. The Labute approximate surface area is 204 Å². The zero-order valence-electron chi connectivity index (χ0n) is 18.4. The minimum atomic E-state index is -0.595. The van der Waals surface area contributed by atoms with Gasteiger partial charge in [-0.1, -0.05) is 23.7 Å². The molecule has 0 radical (unpaired) electrons. The van der Waals surface area contributed by atoms with E-state index in [1.165, 1.54) is 43.5 Å². The highest BCUT2D eigenvalue weighted by molar-refractivity contribution is 6.32. The average Bonchev–Trinajstić information content (AvgIpc) is 3.12. The number of carbonyl (C=O) groups is 3. The predicted octanol–water partition coefficient (Wildman–Crippen LogP) is 4.60. The van der Waals surface area contributed by atoms with Crippen molar-refractivity contribution < 1.29 is 28.2 Å². The number of hydrogen-bond acceptors (Lipinski definition) is 5. The van der Waals surface area contributed by atoms with Crippen molar-refractivity contribution in [2.45, 2.75) is 0 Å². The Hall–Kier alpha value is -4.37. The van der Waals surface area contributed by atoms with Crippen molar-refractivity contribution in [3.8, 4) is 11.5 Å². The van der Waals surface area contributed by atoms with E-state index in [4.69, 9.17) is 21.1 Å². The van der Waals surface area contributed by atoms with E-state index in [0.717, 1.165) is 4.90 Å². The minimum absolute atomic E-state index is 0.0735. The zero-order chi connectivity index (χ0) is 24.9. The lowest BCUT2D eigenvalue weighted by molar-refractivity contribution is -0.118. The van der Waals surface area contributed by atoms with Crippen LogP contribution in [0, 0.1) is 5.82 Å². The largest absolute Gasteiger partial charge is 0.493 e. The van der Waals surface area contributed by atoms with E-state index < -0.39 is 23.7 Å². The highest BCUT2D eigenvalue weighted by Crippen LogP contribution is 2.30. The molecule has 0 bridgehead atoms. The maximum absolute atomic E-state index is 13.0. The highest BCUT2D eigenvalue weighted by Gasteiger charge is 2.35. The van der Waals surface area contributed by atoms with E-state index in [0.29, 0.717) is 33.5 Å². The second-order valence-electron chi connectivity index (χ2n) is 7.36. The Balaban J connectivity index is 1.45. The van der Waals surface area contributed by atoms with Gasteiger partial charge >= 0.3 is 6.03 Å². The number of nitrogens with zero attached hydrogens (tertiary/aromatic N) is 1. The lowest BCUT2D eigenvalue weighted by atomic mass is 10.1. The Bertz CT molecular complexity index is 1330. The number of anilines is 2. The van der Waals surface area contributed by atoms with Crippen molar-refractivity contribution in [2.24, 2.45) is 0 Å². The van der Waals surface area contributed by atoms with E-state index in [9.17, 15) is 18.8 Å². The average molecular weight is 496 g/mol. The van der Waals surface area contributed by atoms with Gasteiger partial charge in [0.15, 0.2) is 18.1 Å². The van der Waals surface area contributed by atoms with Gasteiger partial charge in [0, 0.05) is 10.7 Å². The molecule has 4 amide bonds. The summed E-state index contributed by atoms with van der Waals surface area (Å²) in [4.78, 5) is 38.3. The van der Waals surface area contributed by atoms with Gasteiger partial charge in [0.2, 0.25) is 0 Å². The standard InChI is InChI=1S/C25H19ClFN3O5/c1-34-22-12-15(5-10-21(22)35-14-23(31)28-18-8-6-17(27)7-9-18)11-20-24(32)30(25(33)29-20)19-4-2-3-16(26)13-19/h2-13H,14H2,1H3,(H,28,31)(H,29,33). The number of ether oxygens (including phenoxy) is 2. The van der Waals surface area contributed by atoms with Gasteiger partial charge in [-0.05, 0) is 66.2 Å². The molecular formula is C25H19ClFN3O5. The van der Waals surface area contributed by atoms with Gasteiger partial charge in [0.05, 0.1) is 12.8 Å². The van der Waals surface area contributed by atoms with Crippen molar-refractivity contribution in [3.05, 3.63) is 88.8 Å². The lowest BCUT2D eigenvalue weighted by Gasteiger charge is -2.12. The summed E-state index contributed by atoms with van der Waals surface area (Å²) in [6, 6.07) is 16.0. The third-order valence-corrected chi connectivity index (χ3v) is 5.17. The summed E-state index contributed by atoms with van der Waals surface area (Å²) in [6.07, 6.45) is 1.50. The number of rotatable bonds is 7. The maximum Gasteiger partial charge on any atom is 0.333 e. The molecule has 3 aromatic rings. The molecule has 35 heavy (non-hydrogen) atoms. The normalized spacial score (nSPS) is 14.1. The molecule has 0 saturated carbocycles. The Kier molecular flexibility index (Phi) is 6.98. The first-order chi connectivity index (χ1) is 16.8. The molecule has 1 aliphatic heterocycles. The lowest BCUT2D eigenvalue weighted by Crippen LogP contribution is -2.30. The van der Waals surface area contributed by atoms with Crippen LogP contribution < -0.4 is 25.0 Å². The molecule has 0 aromatic heterocycles. The van der Waals surface area contributed by atoms with E-state index >= 15 is 0 Å². The molecule has 2 N–H and O–H groups in total. The van der Waals surface area contributed by atoms with Crippen molar-refractivity contribution >= 4 is 46.9 Å². The number of methoxy groups -OCH3 is 1. The molecule has 1 heterocycles. The van der Waals surface area contributed by atoms with Crippen LogP contribution in [0.5, 0.6) is 11.5 Å². The van der Waals surface area contributed by atoms with E-state index in [1.54, 1.807) is 36.4 Å². The van der Waals surface area contributed by atoms with Gasteiger partial charge in [-0.3, -0.25) is 9.59 Å². The van der Waals surface area contributed by atoms with E-state index in [1.807, 2.05) is 0 Å². The van der Waals surface area contributed by atoms with Gasteiger partial charge < -0.3 is 20.1 Å². The molecule has 10 heteroatoms. The number of imide groups is 1. The summed E-state index contributed by atoms with van der Waals surface area (Å²) in [5, 5.41) is 5.54. The molecule has 3 aromatic carbocycles. The summed E-state index contributed by atoms with van der Waals surface area (Å²) in [5.41, 5.74) is 1.42. The van der Waals surface area contributed by atoms with Crippen LogP contribution in [0.15, 0.2) is 72.4 Å². The summed E-state index contributed by atoms with van der Waals surface area (Å²) < 4.78 is 23.9. The molecular weight excluding hydrogens is 477 g/mol. The first-order valence-electron chi connectivity index (χ1n) is 10.3. The fourth-order valence-electron chi connectivity index (χ4n) is 3.32. The number of hydrogen-bond donors (Lipinski definition) is 2. The summed E-state index contributed by atoms with van der Waals surface area (Å²) >= 11 is 5.98. The van der Waals surface area contributed by atoms with Crippen molar-refractivity contribution in [1.29, 1.82) is 0 Å². The fraction of sp³-hybridized carbons (Fsp3) is 0.0800. The Morgan fingerprint density at radius 2 is 1.86 bits per heavy atom. The highest BCUT2D eigenvalue weighted by atomic mass is 35.5. The molecule has 8 nitrogen and oxygen atoms in total. The molecule has 0 atom stereocenters. The van der Waals surface area contributed by atoms with Gasteiger partial charge in [0.1, 0.15) is 11.5 Å². The number of carbonyl (C=O) groups excluding carboxylic acids is 3. The van der Waals surface area contributed by atoms with Gasteiger partial charge in [-0.2, -0.15) is 0 Å². The second-order valence-corrected chi connectivity index (χ2v) is 7.80. The SMILES string of the molecule is COc1cc(C=C2NC(=O)N(c3cccc(Cl)c3)C2=O)ccc1OCC(=O)Nc1ccc(F)cc1. The molecule has 4 rings (SSSR count). The number of halogens is 2. The van der Waals surface area contributed by atoms with Crippen LogP contribution in [-0.4, -0.2) is 31.6 Å². The summed E-state index contributed by atoms with van der Waals surface area (Å²) in [5.74, 6) is -0.766. The van der Waals surface area contributed by atoms with Crippen molar-refractivity contribution in [3.63, 3.8) is 0 Å². The van der Waals surface area contributed by atoms with Crippen molar-refractivity contribution in [2.75, 3.05) is 23.9 Å². The third-order valence-electron chi connectivity index (χ3n) is 4.93. The van der Waals surface area contributed by atoms with Crippen LogP contribution in [0.4, 0.5) is 20.6 Å². The molecule has 1 saturated heterocycles. The van der Waals surface area contributed by atoms with E-state index in [2.05, 4.69) is 10.6 Å². The van der Waals surface area contributed by atoms with Gasteiger partial charge in [0.25, 0.3) is 11.8 Å². The number of benzene rings is 3. The summed E-state index contributed by atoms with van der Waals surface area (Å²) in [6.45, 7) is -0.308.